The second kappa shape index (κ2) is 5.38. The van der Waals surface area contributed by atoms with Crippen molar-refractivity contribution in [3.05, 3.63) is 52.3 Å². The number of hydrogen-bond donors (Lipinski definition) is 0. The molecule has 1 aromatic carbocycles. The summed E-state index contributed by atoms with van der Waals surface area (Å²) in [6.07, 6.45) is 5.18. The summed E-state index contributed by atoms with van der Waals surface area (Å²) in [5, 5.41) is 5.47. The van der Waals surface area contributed by atoms with E-state index >= 15 is 0 Å². The van der Waals surface area contributed by atoms with Gasteiger partial charge in [-0.1, -0.05) is 48.7 Å². The highest BCUT2D eigenvalue weighted by molar-refractivity contribution is 6.29. The van der Waals surface area contributed by atoms with Crippen molar-refractivity contribution in [3.63, 3.8) is 0 Å². The molecule has 1 aromatic heterocycles. The fourth-order valence-electron chi connectivity index (χ4n) is 2.89. The van der Waals surface area contributed by atoms with Crippen LogP contribution in [-0.4, -0.2) is 9.78 Å². The zero-order valence-electron chi connectivity index (χ0n) is 11.3. The van der Waals surface area contributed by atoms with Crippen LogP contribution in [0.4, 0.5) is 0 Å². The van der Waals surface area contributed by atoms with E-state index in [4.69, 9.17) is 16.7 Å². The van der Waals surface area contributed by atoms with Crippen molar-refractivity contribution < 1.29 is 0 Å². The highest BCUT2D eigenvalue weighted by Gasteiger charge is 2.21. The Morgan fingerprint density at radius 2 is 2.00 bits per heavy atom. The fraction of sp³-hybridized carbons (Fsp3) is 0.438. The first-order valence-electron chi connectivity index (χ1n) is 7.02. The molecule has 0 radical (unpaired) electrons. The largest absolute Gasteiger partial charge is 0.249 e. The van der Waals surface area contributed by atoms with Crippen LogP contribution >= 0.6 is 11.6 Å². The highest BCUT2D eigenvalue weighted by atomic mass is 35.5. The van der Waals surface area contributed by atoms with E-state index in [1.165, 1.54) is 42.5 Å². The van der Waals surface area contributed by atoms with Gasteiger partial charge in [-0.15, -0.1) is 0 Å². The van der Waals surface area contributed by atoms with E-state index in [9.17, 15) is 0 Å². The van der Waals surface area contributed by atoms with E-state index in [2.05, 4.69) is 37.3 Å². The van der Waals surface area contributed by atoms with Crippen molar-refractivity contribution in [2.24, 2.45) is 0 Å². The smallest absolute Gasteiger partial charge is 0.127 e. The molecular formula is C16H19ClN2. The van der Waals surface area contributed by atoms with Gasteiger partial charge in [0, 0.05) is 5.92 Å². The van der Waals surface area contributed by atoms with Crippen LogP contribution in [0.2, 0.25) is 5.15 Å². The van der Waals surface area contributed by atoms with Gasteiger partial charge in [0.2, 0.25) is 0 Å². The van der Waals surface area contributed by atoms with Gasteiger partial charge in [0.05, 0.1) is 12.2 Å². The Labute approximate surface area is 119 Å². The van der Waals surface area contributed by atoms with Crippen LogP contribution in [0.25, 0.3) is 0 Å². The number of benzene rings is 1. The van der Waals surface area contributed by atoms with Crippen LogP contribution in [0, 0.1) is 6.92 Å². The van der Waals surface area contributed by atoms with Gasteiger partial charge < -0.3 is 0 Å². The molecule has 2 nitrogen and oxygen atoms in total. The predicted molar refractivity (Wildman–Crippen MR) is 78.7 cm³/mol. The molecule has 3 rings (SSSR count). The van der Waals surface area contributed by atoms with E-state index in [0.29, 0.717) is 5.92 Å². The Balaban J connectivity index is 1.83. The molecule has 19 heavy (non-hydrogen) atoms. The molecule has 0 amide bonds. The van der Waals surface area contributed by atoms with Gasteiger partial charge in [-0.05, 0) is 37.0 Å². The summed E-state index contributed by atoms with van der Waals surface area (Å²) >= 11 is 6.33. The minimum absolute atomic E-state index is 0.621. The first-order chi connectivity index (χ1) is 9.24. The highest BCUT2D eigenvalue weighted by Crippen LogP contribution is 2.34. The zero-order chi connectivity index (χ0) is 13.2. The third-order valence-electron chi connectivity index (χ3n) is 4.10. The lowest BCUT2D eigenvalue weighted by atomic mass is 10.1. The van der Waals surface area contributed by atoms with Gasteiger partial charge in [0.15, 0.2) is 0 Å². The molecular weight excluding hydrogens is 256 g/mol. The van der Waals surface area contributed by atoms with E-state index in [-0.39, 0.29) is 0 Å². The normalized spacial score (nSPS) is 16.1. The van der Waals surface area contributed by atoms with E-state index in [1.807, 2.05) is 4.68 Å². The van der Waals surface area contributed by atoms with Crippen molar-refractivity contribution in [1.82, 2.24) is 9.78 Å². The summed E-state index contributed by atoms with van der Waals surface area (Å²) in [6, 6.07) is 10.5. The molecule has 0 spiro atoms. The monoisotopic (exact) mass is 274 g/mol. The first-order valence-corrected chi connectivity index (χ1v) is 7.39. The minimum atomic E-state index is 0.621. The summed E-state index contributed by atoms with van der Waals surface area (Å²) in [7, 11) is 0. The Kier molecular flexibility index (Phi) is 3.61. The summed E-state index contributed by atoms with van der Waals surface area (Å²) < 4.78 is 1.93. The third kappa shape index (κ3) is 2.69. The molecule has 1 aliphatic rings. The van der Waals surface area contributed by atoms with Crippen molar-refractivity contribution in [2.45, 2.75) is 45.1 Å². The predicted octanol–water partition coefficient (Wildman–Crippen LogP) is 4.55. The van der Waals surface area contributed by atoms with Gasteiger partial charge in [-0.2, -0.15) is 5.10 Å². The summed E-state index contributed by atoms with van der Waals surface area (Å²) in [5.41, 5.74) is 3.75. The SMILES string of the molecule is Cc1ccccc1Cn1nc(C2CCCC2)cc1Cl. The molecule has 0 unspecified atom stereocenters. The second-order valence-electron chi connectivity index (χ2n) is 5.46. The van der Waals surface area contributed by atoms with Crippen molar-refractivity contribution in [2.75, 3.05) is 0 Å². The van der Waals surface area contributed by atoms with Crippen LogP contribution in [0.1, 0.15) is 48.4 Å². The summed E-state index contributed by atoms with van der Waals surface area (Å²) in [6.45, 7) is 2.89. The van der Waals surface area contributed by atoms with Crippen LogP contribution in [0.5, 0.6) is 0 Å². The fourth-order valence-corrected chi connectivity index (χ4v) is 3.10. The minimum Gasteiger partial charge on any atom is -0.249 e. The summed E-state index contributed by atoms with van der Waals surface area (Å²) in [5.74, 6) is 0.621. The van der Waals surface area contributed by atoms with E-state index in [1.54, 1.807) is 0 Å². The molecule has 0 bridgehead atoms. The molecule has 0 N–H and O–H groups in total. The molecule has 0 atom stereocenters. The number of nitrogens with zero attached hydrogens (tertiary/aromatic N) is 2. The first kappa shape index (κ1) is 12.7. The average Bonchev–Trinajstić information content (AvgIpc) is 3.02. The Hall–Kier alpha value is -1.28. The maximum atomic E-state index is 6.33. The molecule has 0 saturated heterocycles. The quantitative estimate of drug-likeness (QED) is 0.803. The van der Waals surface area contributed by atoms with Crippen LogP contribution in [0.15, 0.2) is 30.3 Å². The number of rotatable bonds is 3. The van der Waals surface area contributed by atoms with Crippen LogP contribution in [-0.2, 0) is 6.54 Å². The molecule has 1 aliphatic carbocycles. The second-order valence-corrected chi connectivity index (χ2v) is 5.84. The average molecular weight is 275 g/mol. The molecule has 2 aromatic rings. The molecule has 1 fully saturated rings. The van der Waals surface area contributed by atoms with Gasteiger partial charge in [-0.25, -0.2) is 4.68 Å². The topological polar surface area (TPSA) is 17.8 Å². The lowest BCUT2D eigenvalue weighted by molar-refractivity contribution is 0.628. The number of aryl methyl sites for hydroxylation is 1. The van der Waals surface area contributed by atoms with Crippen LogP contribution in [0.3, 0.4) is 0 Å². The lowest BCUT2D eigenvalue weighted by Crippen LogP contribution is -2.04. The Bertz CT molecular complexity index is 568. The number of halogens is 1. The zero-order valence-corrected chi connectivity index (χ0v) is 12.0. The molecule has 0 aliphatic heterocycles. The number of aromatic nitrogens is 2. The Morgan fingerprint density at radius 1 is 1.26 bits per heavy atom. The van der Waals surface area contributed by atoms with Gasteiger partial charge >= 0.3 is 0 Å². The lowest BCUT2D eigenvalue weighted by Gasteiger charge is -2.07. The summed E-state index contributed by atoms with van der Waals surface area (Å²) in [4.78, 5) is 0. The maximum absolute atomic E-state index is 6.33. The van der Waals surface area contributed by atoms with Gasteiger partial charge in [0.25, 0.3) is 0 Å². The van der Waals surface area contributed by atoms with E-state index < -0.39 is 0 Å². The standard InChI is InChI=1S/C16H19ClN2/c1-12-6-2-3-9-14(12)11-19-16(17)10-15(18-19)13-7-4-5-8-13/h2-3,6,9-10,13H,4-5,7-8,11H2,1H3. The van der Waals surface area contributed by atoms with Crippen LogP contribution < -0.4 is 0 Å². The maximum Gasteiger partial charge on any atom is 0.127 e. The number of hydrogen-bond acceptors (Lipinski definition) is 1. The van der Waals surface area contributed by atoms with Gasteiger partial charge in [-0.3, -0.25) is 0 Å². The molecule has 1 saturated carbocycles. The van der Waals surface area contributed by atoms with Crippen molar-refractivity contribution >= 4 is 11.6 Å². The molecule has 1 heterocycles. The molecule has 3 heteroatoms. The van der Waals surface area contributed by atoms with Crippen molar-refractivity contribution in [3.8, 4) is 0 Å². The van der Waals surface area contributed by atoms with Gasteiger partial charge in [0.1, 0.15) is 5.15 Å². The van der Waals surface area contributed by atoms with Crippen molar-refractivity contribution in [1.29, 1.82) is 0 Å². The van der Waals surface area contributed by atoms with E-state index in [0.717, 1.165) is 11.7 Å². The Morgan fingerprint density at radius 3 is 2.74 bits per heavy atom. The molecule has 100 valence electrons. The third-order valence-corrected chi connectivity index (χ3v) is 4.41.